The van der Waals surface area contributed by atoms with Crippen LogP contribution in [0.25, 0.3) is 0 Å². The number of nitrogens with zero attached hydrogens (tertiary/aromatic N) is 3. The molecular formula is C6H13N5. The Hall–Kier alpha value is -1.10. The van der Waals surface area contributed by atoms with Crippen molar-refractivity contribution < 1.29 is 0 Å². The van der Waals surface area contributed by atoms with E-state index in [1.807, 2.05) is 6.92 Å². The van der Waals surface area contributed by atoms with Gasteiger partial charge in [0.15, 0.2) is 0 Å². The van der Waals surface area contributed by atoms with Gasteiger partial charge in [-0.05, 0) is 6.92 Å². The summed E-state index contributed by atoms with van der Waals surface area (Å²) < 4.78 is 1.79. The molecule has 1 aromatic heterocycles. The van der Waals surface area contributed by atoms with Gasteiger partial charge in [0.25, 0.3) is 0 Å². The van der Waals surface area contributed by atoms with Gasteiger partial charge in [0, 0.05) is 19.6 Å². The van der Waals surface area contributed by atoms with Crippen LogP contribution in [-0.2, 0) is 6.54 Å². The molecule has 0 aliphatic rings. The van der Waals surface area contributed by atoms with Crippen LogP contribution in [0.15, 0.2) is 6.20 Å². The number of nitrogens with two attached hydrogens (primary N) is 1. The molecular weight excluding hydrogens is 142 g/mol. The van der Waals surface area contributed by atoms with Crippen LogP contribution in [0.3, 0.4) is 0 Å². The third kappa shape index (κ3) is 1.91. The van der Waals surface area contributed by atoms with Gasteiger partial charge in [-0.3, -0.25) is 0 Å². The first-order valence-corrected chi connectivity index (χ1v) is 3.71. The van der Waals surface area contributed by atoms with Crippen molar-refractivity contribution in [3.63, 3.8) is 0 Å². The van der Waals surface area contributed by atoms with Gasteiger partial charge in [0.05, 0.1) is 6.20 Å². The van der Waals surface area contributed by atoms with Gasteiger partial charge in [0.1, 0.15) is 5.82 Å². The van der Waals surface area contributed by atoms with Crippen LogP contribution >= 0.6 is 0 Å². The molecule has 1 heterocycles. The molecule has 0 saturated carbocycles. The van der Waals surface area contributed by atoms with Crippen molar-refractivity contribution in [2.45, 2.75) is 13.5 Å². The van der Waals surface area contributed by atoms with Crippen molar-refractivity contribution in [3.05, 3.63) is 6.20 Å². The van der Waals surface area contributed by atoms with E-state index >= 15 is 0 Å². The zero-order chi connectivity index (χ0) is 8.10. The van der Waals surface area contributed by atoms with E-state index in [2.05, 4.69) is 15.6 Å². The molecule has 0 aromatic carbocycles. The Kier molecular flexibility index (Phi) is 2.85. The van der Waals surface area contributed by atoms with Crippen molar-refractivity contribution in [2.75, 3.05) is 18.4 Å². The molecule has 62 valence electrons. The van der Waals surface area contributed by atoms with E-state index < -0.39 is 0 Å². The van der Waals surface area contributed by atoms with Crippen LogP contribution in [-0.4, -0.2) is 28.1 Å². The van der Waals surface area contributed by atoms with Crippen molar-refractivity contribution >= 4 is 5.82 Å². The van der Waals surface area contributed by atoms with E-state index in [1.165, 1.54) is 0 Å². The third-order valence-electron chi connectivity index (χ3n) is 1.37. The Morgan fingerprint density at radius 1 is 1.73 bits per heavy atom. The summed E-state index contributed by atoms with van der Waals surface area (Å²) in [4.78, 5) is 0. The Morgan fingerprint density at radius 2 is 2.55 bits per heavy atom. The maximum absolute atomic E-state index is 5.32. The van der Waals surface area contributed by atoms with Gasteiger partial charge in [-0.25, -0.2) is 4.68 Å². The molecule has 0 unspecified atom stereocenters. The molecule has 3 N–H and O–H groups in total. The third-order valence-corrected chi connectivity index (χ3v) is 1.37. The van der Waals surface area contributed by atoms with Gasteiger partial charge < -0.3 is 11.1 Å². The summed E-state index contributed by atoms with van der Waals surface area (Å²) in [5.41, 5.74) is 5.32. The SMILES string of the molecule is CCn1nncc1NCCN. The molecule has 0 aliphatic carbocycles. The highest BCUT2D eigenvalue weighted by Gasteiger charge is 1.97. The van der Waals surface area contributed by atoms with Crippen LogP contribution in [0.2, 0.25) is 0 Å². The normalized spacial score (nSPS) is 10.0. The topological polar surface area (TPSA) is 68.8 Å². The first-order valence-electron chi connectivity index (χ1n) is 3.71. The quantitative estimate of drug-likeness (QED) is 0.624. The minimum absolute atomic E-state index is 0.620. The van der Waals surface area contributed by atoms with Gasteiger partial charge in [-0.2, -0.15) is 0 Å². The fourth-order valence-corrected chi connectivity index (χ4v) is 0.828. The molecule has 0 bridgehead atoms. The van der Waals surface area contributed by atoms with E-state index in [-0.39, 0.29) is 0 Å². The highest BCUT2D eigenvalue weighted by molar-refractivity contribution is 5.30. The first-order chi connectivity index (χ1) is 5.38. The lowest BCUT2D eigenvalue weighted by Crippen LogP contribution is -2.15. The van der Waals surface area contributed by atoms with Crippen molar-refractivity contribution in [1.82, 2.24) is 15.0 Å². The smallest absolute Gasteiger partial charge is 0.144 e. The lowest BCUT2D eigenvalue weighted by atomic mass is 10.6. The van der Waals surface area contributed by atoms with E-state index in [0.29, 0.717) is 6.54 Å². The molecule has 0 spiro atoms. The van der Waals surface area contributed by atoms with Crippen LogP contribution in [0.4, 0.5) is 5.82 Å². The highest BCUT2D eigenvalue weighted by atomic mass is 15.4. The number of hydrogen-bond acceptors (Lipinski definition) is 4. The van der Waals surface area contributed by atoms with Crippen LogP contribution < -0.4 is 11.1 Å². The van der Waals surface area contributed by atoms with Crippen LogP contribution in [0, 0.1) is 0 Å². The zero-order valence-electron chi connectivity index (χ0n) is 6.62. The molecule has 11 heavy (non-hydrogen) atoms. The first kappa shape index (κ1) is 8.00. The van der Waals surface area contributed by atoms with Crippen LogP contribution in [0.1, 0.15) is 6.92 Å². The number of aromatic nitrogens is 3. The van der Waals surface area contributed by atoms with Crippen molar-refractivity contribution in [3.8, 4) is 0 Å². The minimum atomic E-state index is 0.620. The number of aryl methyl sites for hydroxylation is 1. The average Bonchev–Trinajstić information content (AvgIpc) is 2.47. The molecule has 5 nitrogen and oxygen atoms in total. The summed E-state index contributed by atoms with van der Waals surface area (Å²) in [6, 6.07) is 0. The Balaban J connectivity index is 2.54. The molecule has 1 aromatic rings. The Labute approximate surface area is 65.6 Å². The lowest BCUT2D eigenvalue weighted by Gasteiger charge is -2.03. The predicted molar refractivity (Wildman–Crippen MR) is 43.2 cm³/mol. The van der Waals surface area contributed by atoms with Crippen molar-refractivity contribution in [2.24, 2.45) is 5.73 Å². The molecule has 0 saturated heterocycles. The number of anilines is 1. The summed E-state index contributed by atoms with van der Waals surface area (Å²) in [7, 11) is 0. The molecule has 0 atom stereocenters. The van der Waals surface area contributed by atoms with Crippen LogP contribution in [0.5, 0.6) is 0 Å². The second-order valence-electron chi connectivity index (χ2n) is 2.15. The maximum atomic E-state index is 5.32. The van der Waals surface area contributed by atoms with Gasteiger partial charge in [0.2, 0.25) is 0 Å². The van der Waals surface area contributed by atoms with Gasteiger partial charge in [-0.15, -0.1) is 5.10 Å². The molecule has 0 radical (unpaired) electrons. The minimum Gasteiger partial charge on any atom is -0.368 e. The largest absolute Gasteiger partial charge is 0.368 e. The molecule has 0 amide bonds. The Morgan fingerprint density at radius 3 is 3.18 bits per heavy atom. The van der Waals surface area contributed by atoms with Gasteiger partial charge >= 0.3 is 0 Å². The van der Waals surface area contributed by atoms with E-state index in [4.69, 9.17) is 5.73 Å². The van der Waals surface area contributed by atoms with E-state index in [0.717, 1.165) is 18.9 Å². The van der Waals surface area contributed by atoms with E-state index in [1.54, 1.807) is 10.9 Å². The second-order valence-corrected chi connectivity index (χ2v) is 2.15. The highest BCUT2D eigenvalue weighted by Crippen LogP contribution is 2.01. The number of hydrogen-bond donors (Lipinski definition) is 2. The summed E-state index contributed by atoms with van der Waals surface area (Å²) in [5, 5.41) is 10.7. The fourth-order valence-electron chi connectivity index (χ4n) is 0.828. The molecule has 0 fully saturated rings. The van der Waals surface area contributed by atoms with Gasteiger partial charge in [-0.1, -0.05) is 5.21 Å². The standard InChI is InChI=1S/C6H13N5/c1-2-11-6(5-9-10-11)8-4-3-7/h5,8H,2-4,7H2,1H3. The Bertz CT molecular complexity index is 206. The summed E-state index contributed by atoms with van der Waals surface area (Å²) in [5.74, 6) is 0.929. The van der Waals surface area contributed by atoms with E-state index in [9.17, 15) is 0 Å². The zero-order valence-corrected chi connectivity index (χ0v) is 6.62. The fraction of sp³-hybridized carbons (Fsp3) is 0.667. The molecule has 0 aliphatic heterocycles. The average molecular weight is 155 g/mol. The summed E-state index contributed by atoms with van der Waals surface area (Å²) in [6.07, 6.45) is 1.69. The summed E-state index contributed by atoms with van der Waals surface area (Å²) >= 11 is 0. The number of nitrogens with one attached hydrogen (secondary N) is 1. The molecule has 1 rings (SSSR count). The maximum Gasteiger partial charge on any atom is 0.144 e. The molecule has 5 heteroatoms. The monoisotopic (exact) mass is 155 g/mol. The van der Waals surface area contributed by atoms with Crippen molar-refractivity contribution in [1.29, 1.82) is 0 Å². The summed E-state index contributed by atoms with van der Waals surface area (Å²) in [6.45, 7) is 4.22. The second kappa shape index (κ2) is 3.92. The number of rotatable bonds is 4. The lowest BCUT2D eigenvalue weighted by molar-refractivity contribution is 0.631. The predicted octanol–water partition coefficient (Wildman–Crippen LogP) is -0.331.